The fourth-order valence-electron chi connectivity index (χ4n) is 4.27. The molecule has 11 heteroatoms. The standard InChI is InChI=1S/C22H26FN7O3/c1-13-7-19-17(12-29(13)22(32)25-15-5-6-18(23)14(8-15)9-24)20-21(31)28(4)33-16(10-27(2)3)11-30(20)26-19/h5-6,8,13,16H,7,10-12H2,1-4H3,(H,25,32)/t13-,16-/m1/s1. The Labute approximate surface area is 191 Å². The Morgan fingerprint density at radius 2 is 2.18 bits per heavy atom. The summed E-state index contributed by atoms with van der Waals surface area (Å²) in [5, 5.41) is 17.7. The monoisotopic (exact) mass is 455 g/mol. The number of carbonyl (C=O) groups is 2. The SMILES string of the molecule is C[C@@H]1Cc2nn3c(c2CN1C(=O)Nc1ccc(F)c(C#N)c1)C(=O)N(C)O[C@H](CN(C)C)C3. The molecule has 0 spiro atoms. The van der Waals surface area contributed by atoms with Gasteiger partial charge in [0.15, 0.2) is 0 Å². The van der Waals surface area contributed by atoms with Gasteiger partial charge in [-0.05, 0) is 39.2 Å². The van der Waals surface area contributed by atoms with Gasteiger partial charge < -0.3 is 15.1 Å². The molecule has 1 aromatic carbocycles. The second-order valence-corrected chi connectivity index (χ2v) is 8.67. The Bertz CT molecular complexity index is 1140. The van der Waals surface area contributed by atoms with Gasteiger partial charge in [-0.2, -0.15) is 10.4 Å². The van der Waals surface area contributed by atoms with Crippen molar-refractivity contribution >= 4 is 17.6 Å². The largest absolute Gasteiger partial charge is 0.322 e. The number of nitriles is 1. The number of anilines is 1. The number of hydroxylamine groups is 2. The number of amides is 3. The fraction of sp³-hybridized carbons (Fsp3) is 0.455. The summed E-state index contributed by atoms with van der Waals surface area (Å²) in [6.07, 6.45) is 0.243. The van der Waals surface area contributed by atoms with Crippen molar-refractivity contribution in [1.29, 1.82) is 5.26 Å². The third-order valence-electron chi connectivity index (χ3n) is 5.82. The number of halogens is 1. The van der Waals surface area contributed by atoms with E-state index >= 15 is 0 Å². The van der Waals surface area contributed by atoms with Crippen molar-refractivity contribution in [1.82, 2.24) is 24.6 Å². The summed E-state index contributed by atoms with van der Waals surface area (Å²) in [6, 6.07) is 5.02. The summed E-state index contributed by atoms with van der Waals surface area (Å²) in [4.78, 5) is 35.5. The molecule has 0 saturated carbocycles. The lowest BCUT2D eigenvalue weighted by atomic mass is 9.99. The van der Waals surface area contributed by atoms with Gasteiger partial charge in [0.25, 0.3) is 5.91 Å². The molecule has 33 heavy (non-hydrogen) atoms. The molecule has 3 heterocycles. The van der Waals surface area contributed by atoms with Gasteiger partial charge in [0.2, 0.25) is 0 Å². The van der Waals surface area contributed by atoms with Crippen LogP contribution in [0.4, 0.5) is 14.9 Å². The number of urea groups is 1. The average molecular weight is 455 g/mol. The third-order valence-corrected chi connectivity index (χ3v) is 5.82. The van der Waals surface area contributed by atoms with Gasteiger partial charge in [0.05, 0.1) is 24.3 Å². The molecule has 1 aromatic heterocycles. The summed E-state index contributed by atoms with van der Waals surface area (Å²) in [5.41, 5.74) is 2.09. The smallest absolute Gasteiger partial charge is 0.317 e. The van der Waals surface area contributed by atoms with E-state index in [1.165, 1.54) is 17.2 Å². The highest BCUT2D eigenvalue weighted by Gasteiger charge is 2.37. The van der Waals surface area contributed by atoms with Crippen LogP contribution in [0.15, 0.2) is 18.2 Å². The zero-order valence-corrected chi connectivity index (χ0v) is 19.0. The van der Waals surface area contributed by atoms with E-state index in [0.717, 1.165) is 11.8 Å². The van der Waals surface area contributed by atoms with Crippen molar-refractivity contribution in [2.45, 2.75) is 38.6 Å². The van der Waals surface area contributed by atoms with Gasteiger partial charge in [-0.3, -0.25) is 14.3 Å². The molecule has 2 atom stereocenters. The molecule has 0 bridgehead atoms. The van der Waals surface area contributed by atoms with Crippen LogP contribution in [0.1, 0.15) is 34.2 Å². The van der Waals surface area contributed by atoms with E-state index in [4.69, 9.17) is 10.1 Å². The predicted octanol–water partition coefficient (Wildman–Crippen LogP) is 1.82. The zero-order valence-electron chi connectivity index (χ0n) is 19.0. The van der Waals surface area contributed by atoms with Crippen molar-refractivity contribution in [2.24, 2.45) is 0 Å². The van der Waals surface area contributed by atoms with Crippen LogP contribution in [0.3, 0.4) is 0 Å². The van der Waals surface area contributed by atoms with Crippen molar-refractivity contribution < 1.29 is 18.8 Å². The summed E-state index contributed by atoms with van der Waals surface area (Å²) >= 11 is 0. The minimum atomic E-state index is -0.647. The summed E-state index contributed by atoms with van der Waals surface area (Å²) in [7, 11) is 5.45. The molecule has 0 saturated heterocycles. The molecule has 0 unspecified atom stereocenters. The Kier molecular flexibility index (Phi) is 6.05. The molecule has 3 amide bonds. The molecule has 4 rings (SSSR count). The Balaban J connectivity index is 1.60. The first-order chi connectivity index (χ1) is 15.7. The lowest BCUT2D eigenvalue weighted by Gasteiger charge is -2.33. The first-order valence-electron chi connectivity index (χ1n) is 10.6. The molecule has 2 aromatic rings. The van der Waals surface area contributed by atoms with E-state index in [2.05, 4.69) is 10.4 Å². The van der Waals surface area contributed by atoms with Gasteiger partial charge >= 0.3 is 6.03 Å². The molecule has 10 nitrogen and oxygen atoms in total. The number of nitrogens with zero attached hydrogens (tertiary/aromatic N) is 6. The van der Waals surface area contributed by atoms with Gasteiger partial charge in [-0.25, -0.2) is 14.2 Å². The van der Waals surface area contributed by atoms with E-state index in [1.54, 1.807) is 22.7 Å². The molecule has 0 radical (unpaired) electrons. The number of nitrogens with one attached hydrogen (secondary N) is 1. The van der Waals surface area contributed by atoms with E-state index in [-0.39, 0.29) is 30.2 Å². The molecule has 2 aliphatic heterocycles. The van der Waals surface area contributed by atoms with E-state index in [0.29, 0.717) is 36.5 Å². The Morgan fingerprint density at radius 3 is 2.88 bits per heavy atom. The van der Waals surface area contributed by atoms with Crippen LogP contribution in [-0.4, -0.2) is 76.4 Å². The number of aromatic nitrogens is 2. The minimum absolute atomic E-state index is 0.148. The van der Waals surface area contributed by atoms with Crippen LogP contribution in [-0.2, 0) is 24.3 Å². The van der Waals surface area contributed by atoms with E-state index in [9.17, 15) is 14.0 Å². The maximum absolute atomic E-state index is 13.6. The predicted molar refractivity (Wildman–Crippen MR) is 117 cm³/mol. The van der Waals surface area contributed by atoms with Gasteiger partial charge in [-0.1, -0.05) is 0 Å². The number of fused-ring (bicyclic) bond motifs is 3. The van der Waals surface area contributed by atoms with Gasteiger partial charge in [0.1, 0.15) is 23.7 Å². The number of carbonyl (C=O) groups excluding carboxylic acids is 2. The van der Waals surface area contributed by atoms with Crippen LogP contribution in [0.2, 0.25) is 0 Å². The van der Waals surface area contributed by atoms with Crippen molar-refractivity contribution in [2.75, 3.05) is 33.0 Å². The molecule has 0 fully saturated rings. The molecular formula is C22H26FN7O3. The maximum Gasteiger partial charge on any atom is 0.322 e. The Hall–Kier alpha value is -3.49. The second-order valence-electron chi connectivity index (χ2n) is 8.67. The topological polar surface area (TPSA) is 107 Å². The minimum Gasteiger partial charge on any atom is -0.317 e. The maximum atomic E-state index is 13.6. The van der Waals surface area contributed by atoms with Crippen LogP contribution in [0, 0.1) is 17.1 Å². The lowest BCUT2D eigenvalue weighted by Crippen LogP contribution is -2.45. The summed E-state index contributed by atoms with van der Waals surface area (Å²) in [5.74, 6) is -0.955. The highest BCUT2D eigenvalue weighted by Crippen LogP contribution is 2.29. The molecule has 174 valence electrons. The number of hydrogen-bond donors (Lipinski definition) is 1. The first-order valence-corrected chi connectivity index (χ1v) is 10.6. The molecular weight excluding hydrogens is 429 g/mol. The van der Waals surface area contributed by atoms with Crippen molar-refractivity contribution in [3.63, 3.8) is 0 Å². The number of likely N-dealkylation sites (N-methyl/N-ethyl adjacent to an activating group) is 1. The van der Waals surface area contributed by atoms with Gasteiger partial charge in [-0.15, -0.1) is 0 Å². The third kappa shape index (κ3) is 4.40. The van der Waals surface area contributed by atoms with Crippen LogP contribution < -0.4 is 5.32 Å². The highest BCUT2D eigenvalue weighted by molar-refractivity contribution is 5.94. The number of hydrogen-bond acceptors (Lipinski definition) is 6. The van der Waals surface area contributed by atoms with Crippen LogP contribution in [0.5, 0.6) is 0 Å². The average Bonchev–Trinajstić information content (AvgIpc) is 3.04. The second kappa shape index (κ2) is 8.80. The van der Waals surface area contributed by atoms with Crippen molar-refractivity contribution in [3.8, 4) is 6.07 Å². The molecule has 2 aliphatic rings. The normalized spacial score (nSPS) is 20.2. The Morgan fingerprint density at radius 1 is 1.42 bits per heavy atom. The number of rotatable bonds is 3. The number of benzene rings is 1. The van der Waals surface area contributed by atoms with Crippen molar-refractivity contribution in [3.05, 3.63) is 46.5 Å². The van der Waals surface area contributed by atoms with Crippen LogP contribution in [0.25, 0.3) is 0 Å². The van der Waals surface area contributed by atoms with Gasteiger partial charge in [0, 0.05) is 37.3 Å². The highest BCUT2D eigenvalue weighted by atomic mass is 19.1. The quantitative estimate of drug-likeness (QED) is 0.757. The lowest BCUT2D eigenvalue weighted by molar-refractivity contribution is -0.152. The van der Waals surface area contributed by atoms with E-state index in [1.807, 2.05) is 25.9 Å². The summed E-state index contributed by atoms with van der Waals surface area (Å²) in [6.45, 7) is 3.14. The summed E-state index contributed by atoms with van der Waals surface area (Å²) < 4.78 is 15.3. The molecule has 1 N–H and O–H groups in total. The van der Waals surface area contributed by atoms with Crippen LogP contribution >= 0.6 is 0 Å². The first kappa shape index (κ1) is 22.7. The zero-order chi connectivity index (χ0) is 23.9. The van der Waals surface area contributed by atoms with E-state index < -0.39 is 11.8 Å². The fourth-order valence-corrected chi connectivity index (χ4v) is 4.27. The molecule has 0 aliphatic carbocycles.